The Labute approximate surface area is 99.8 Å². The molecule has 1 heterocycles. The van der Waals surface area contributed by atoms with Gasteiger partial charge in [-0.2, -0.15) is 0 Å². The number of amides is 1. The van der Waals surface area contributed by atoms with Gasteiger partial charge in [0.2, 0.25) is 5.91 Å². The topological polar surface area (TPSA) is 82.0 Å². The number of thioether (sulfide) groups is 1. The van der Waals surface area contributed by atoms with Gasteiger partial charge in [0, 0.05) is 11.4 Å². The molecular formula is C11H17N3OS. The smallest absolute Gasteiger partial charge is 0.234 e. The summed E-state index contributed by atoms with van der Waals surface area (Å²) in [5.74, 6) is 0.300. The minimum atomic E-state index is -0.557. The van der Waals surface area contributed by atoms with Crippen molar-refractivity contribution in [1.82, 2.24) is 4.98 Å². The number of carbonyl (C=O) groups excluding carboxylic acids is 1. The van der Waals surface area contributed by atoms with E-state index in [1.165, 1.54) is 5.56 Å². The summed E-state index contributed by atoms with van der Waals surface area (Å²) < 4.78 is 0. The number of nitrogens with zero attached hydrogens (tertiary/aromatic N) is 1. The maximum absolute atomic E-state index is 10.7. The van der Waals surface area contributed by atoms with Crippen LogP contribution in [-0.2, 0) is 4.79 Å². The zero-order valence-corrected chi connectivity index (χ0v) is 10.4. The van der Waals surface area contributed by atoms with Crippen LogP contribution >= 0.6 is 11.8 Å². The van der Waals surface area contributed by atoms with Gasteiger partial charge in [0.1, 0.15) is 0 Å². The minimum Gasteiger partial charge on any atom is -0.368 e. The highest BCUT2D eigenvalue weighted by molar-refractivity contribution is 7.99. The second-order valence-electron chi connectivity index (χ2n) is 3.77. The van der Waals surface area contributed by atoms with Gasteiger partial charge in [0.15, 0.2) is 0 Å². The lowest BCUT2D eigenvalue weighted by Gasteiger charge is -2.07. The summed E-state index contributed by atoms with van der Waals surface area (Å²) in [6.07, 6.45) is 0.578. The van der Waals surface area contributed by atoms with E-state index < -0.39 is 11.9 Å². The van der Waals surface area contributed by atoms with E-state index in [2.05, 4.69) is 4.98 Å². The van der Waals surface area contributed by atoms with Gasteiger partial charge in [-0.3, -0.25) is 4.79 Å². The molecule has 1 aromatic rings. The van der Waals surface area contributed by atoms with Crippen molar-refractivity contribution in [3.05, 3.63) is 23.4 Å². The van der Waals surface area contributed by atoms with Crippen LogP contribution in [-0.4, -0.2) is 22.7 Å². The fourth-order valence-electron chi connectivity index (χ4n) is 1.31. The number of pyridine rings is 1. The number of hydrogen-bond donors (Lipinski definition) is 2. The van der Waals surface area contributed by atoms with E-state index in [1.54, 1.807) is 11.8 Å². The van der Waals surface area contributed by atoms with Crippen LogP contribution < -0.4 is 11.5 Å². The van der Waals surface area contributed by atoms with Gasteiger partial charge in [0.25, 0.3) is 0 Å². The summed E-state index contributed by atoms with van der Waals surface area (Å²) in [4.78, 5) is 15.1. The lowest BCUT2D eigenvalue weighted by atomic mass is 10.2. The van der Waals surface area contributed by atoms with Gasteiger partial charge in [-0.15, -0.1) is 11.8 Å². The van der Waals surface area contributed by atoms with Crippen molar-refractivity contribution in [1.29, 1.82) is 0 Å². The Morgan fingerprint density at radius 3 is 2.75 bits per heavy atom. The van der Waals surface area contributed by atoms with Gasteiger partial charge in [0.05, 0.1) is 11.1 Å². The number of rotatable bonds is 5. The van der Waals surface area contributed by atoms with E-state index in [-0.39, 0.29) is 0 Å². The third kappa shape index (κ3) is 4.20. The normalized spacial score (nSPS) is 12.4. The maximum atomic E-state index is 10.7. The average molecular weight is 239 g/mol. The molecule has 1 unspecified atom stereocenters. The molecule has 4 nitrogen and oxygen atoms in total. The molecule has 0 bridgehead atoms. The van der Waals surface area contributed by atoms with Gasteiger partial charge < -0.3 is 11.5 Å². The molecule has 5 heteroatoms. The molecule has 1 atom stereocenters. The lowest BCUT2D eigenvalue weighted by Crippen LogP contribution is -2.36. The average Bonchev–Trinajstić information content (AvgIpc) is 2.15. The highest BCUT2D eigenvalue weighted by Crippen LogP contribution is 2.18. The van der Waals surface area contributed by atoms with Gasteiger partial charge in [-0.1, -0.05) is 0 Å². The first kappa shape index (κ1) is 13.0. The van der Waals surface area contributed by atoms with Crippen molar-refractivity contribution in [2.75, 3.05) is 5.75 Å². The second-order valence-corrected chi connectivity index (χ2v) is 4.89. The van der Waals surface area contributed by atoms with Crippen LogP contribution in [0.5, 0.6) is 0 Å². The first-order chi connectivity index (χ1) is 7.49. The quantitative estimate of drug-likeness (QED) is 0.751. The number of aryl methyl sites for hydroxylation is 2. The van der Waals surface area contributed by atoms with Gasteiger partial charge in [-0.05, 0) is 38.0 Å². The third-order valence-electron chi connectivity index (χ3n) is 2.12. The SMILES string of the molecule is Cc1cc(C)nc(SCCC(N)C(N)=O)c1. The van der Waals surface area contributed by atoms with Gasteiger partial charge in [-0.25, -0.2) is 4.98 Å². The molecule has 1 aromatic heterocycles. The molecule has 16 heavy (non-hydrogen) atoms. The Balaban J connectivity index is 2.46. The molecule has 88 valence electrons. The molecule has 0 fully saturated rings. The van der Waals surface area contributed by atoms with Crippen molar-refractivity contribution < 1.29 is 4.79 Å². The highest BCUT2D eigenvalue weighted by Gasteiger charge is 2.08. The molecule has 0 aliphatic rings. The molecule has 0 spiro atoms. The summed E-state index contributed by atoms with van der Waals surface area (Å²) in [5, 5.41) is 0.967. The summed E-state index contributed by atoms with van der Waals surface area (Å²) >= 11 is 1.60. The van der Waals surface area contributed by atoms with Crippen LogP contribution in [0.4, 0.5) is 0 Å². The van der Waals surface area contributed by atoms with Gasteiger partial charge >= 0.3 is 0 Å². The van der Waals surface area contributed by atoms with Crippen molar-refractivity contribution in [2.24, 2.45) is 11.5 Å². The Kier molecular flexibility index (Phi) is 4.76. The number of aromatic nitrogens is 1. The minimum absolute atomic E-state index is 0.450. The number of carbonyl (C=O) groups is 1. The monoisotopic (exact) mass is 239 g/mol. The molecule has 0 aromatic carbocycles. The summed E-state index contributed by atoms with van der Waals surface area (Å²) in [6, 6.07) is 3.49. The van der Waals surface area contributed by atoms with Crippen molar-refractivity contribution in [3.8, 4) is 0 Å². The van der Waals surface area contributed by atoms with Crippen molar-refractivity contribution in [3.63, 3.8) is 0 Å². The Hall–Kier alpha value is -1.07. The summed E-state index contributed by atoms with van der Waals surface area (Å²) in [7, 11) is 0. The molecule has 1 rings (SSSR count). The number of primary amides is 1. The molecule has 0 aliphatic carbocycles. The number of hydrogen-bond acceptors (Lipinski definition) is 4. The summed E-state index contributed by atoms with van der Waals surface area (Å²) in [6.45, 7) is 4.00. The zero-order chi connectivity index (χ0) is 12.1. The van der Waals surface area contributed by atoms with E-state index in [0.29, 0.717) is 6.42 Å². The molecule has 4 N–H and O–H groups in total. The predicted molar refractivity (Wildman–Crippen MR) is 66.2 cm³/mol. The molecule has 1 amide bonds. The summed E-state index contributed by atoms with van der Waals surface area (Å²) in [5.41, 5.74) is 12.8. The fourth-order valence-corrected chi connectivity index (χ4v) is 2.37. The number of nitrogens with two attached hydrogens (primary N) is 2. The molecule has 0 radical (unpaired) electrons. The van der Waals surface area contributed by atoms with Crippen molar-refractivity contribution >= 4 is 17.7 Å². The van der Waals surface area contributed by atoms with E-state index in [1.807, 2.05) is 26.0 Å². The first-order valence-corrected chi connectivity index (χ1v) is 6.10. The predicted octanol–water partition coefficient (Wildman–Crippen LogP) is 0.993. The standard InChI is InChI=1S/C11H17N3OS/c1-7-5-8(2)14-10(6-7)16-4-3-9(12)11(13)15/h5-6,9H,3-4,12H2,1-2H3,(H2,13,15). The van der Waals surface area contributed by atoms with Crippen LogP contribution in [0.2, 0.25) is 0 Å². The van der Waals surface area contributed by atoms with Crippen LogP contribution in [0, 0.1) is 13.8 Å². The molecule has 0 aliphatic heterocycles. The van der Waals surface area contributed by atoms with Crippen LogP contribution in [0.25, 0.3) is 0 Å². The van der Waals surface area contributed by atoms with Crippen LogP contribution in [0.1, 0.15) is 17.7 Å². The lowest BCUT2D eigenvalue weighted by molar-refractivity contribution is -0.119. The first-order valence-electron chi connectivity index (χ1n) is 5.12. The van der Waals surface area contributed by atoms with E-state index >= 15 is 0 Å². The Morgan fingerprint density at radius 1 is 1.50 bits per heavy atom. The Morgan fingerprint density at radius 2 is 2.19 bits per heavy atom. The molecule has 0 saturated carbocycles. The molecule has 0 saturated heterocycles. The van der Waals surface area contributed by atoms with Crippen LogP contribution in [0.3, 0.4) is 0 Å². The highest BCUT2D eigenvalue weighted by atomic mass is 32.2. The second kappa shape index (κ2) is 5.86. The molecular weight excluding hydrogens is 222 g/mol. The van der Waals surface area contributed by atoms with E-state index in [0.717, 1.165) is 16.5 Å². The largest absolute Gasteiger partial charge is 0.368 e. The van der Waals surface area contributed by atoms with Crippen molar-refractivity contribution in [2.45, 2.75) is 31.3 Å². The van der Waals surface area contributed by atoms with E-state index in [4.69, 9.17) is 11.5 Å². The third-order valence-corrected chi connectivity index (χ3v) is 3.06. The van der Waals surface area contributed by atoms with E-state index in [9.17, 15) is 4.79 Å². The Bertz CT molecular complexity index is 361. The fraction of sp³-hybridized carbons (Fsp3) is 0.455. The van der Waals surface area contributed by atoms with Crippen LogP contribution in [0.15, 0.2) is 17.2 Å². The zero-order valence-electron chi connectivity index (χ0n) is 9.56. The maximum Gasteiger partial charge on any atom is 0.234 e.